The van der Waals surface area contributed by atoms with Gasteiger partial charge in [0.2, 0.25) is 5.88 Å². The first-order valence-electron chi connectivity index (χ1n) is 11.1. The summed E-state index contributed by atoms with van der Waals surface area (Å²) in [4.78, 5) is 16.4. The van der Waals surface area contributed by atoms with Crippen LogP contribution in [0.2, 0.25) is 0 Å². The van der Waals surface area contributed by atoms with E-state index in [9.17, 15) is 0 Å². The monoisotopic (exact) mass is 400 g/mol. The van der Waals surface area contributed by atoms with E-state index in [2.05, 4.69) is 33.1 Å². The topological polar surface area (TPSA) is 51.1 Å². The Morgan fingerprint density at radius 3 is 2.60 bits per heavy atom. The van der Waals surface area contributed by atoms with Gasteiger partial charge in [-0.3, -0.25) is 4.90 Å². The van der Waals surface area contributed by atoms with Gasteiger partial charge in [0.05, 0.1) is 5.69 Å². The standard InChI is InChI=1S/C25H28N4O/c1-3-7-20(8-4-1)25-27-16-21-18-29(14-13-23(21)28-25)17-19-11-12-24(26-15-19)30-22-9-5-2-6-10-22/h1,3-4,7-8,11-12,15-16,22H,2,5-6,9-10,13-14,17-18H2. The Hall–Kier alpha value is -2.79. The smallest absolute Gasteiger partial charge is 0.213 e. The van der Waals surface area contributed by atoms with Crippen LogP contribution in [-0.4, -0.2) is 32.5 Å². The maximum atomic E-state index is 6.05. The Balaban J connectivity index is 1.20. The molecule has 2 aliphatic rings. The van der Waals surface area contributed by atoms with Crippen molar-refractivity contribution in [3.63, 3.8) is 0 Å². The fourth-order valence-electron chi connectivity index (χ4n) is 4.42. The number of aromatic nitrogens is 3. The minimum Gasteiger partial charge on any atom is -0.474 e. The molecule has 1 fully saturated rings. The quantitative estimate of drug-likeness (QED) is 0.615. The molecule has 0 amide bonds. The van der Waals surface area contributed by atoms with Crippen LogP contribution < -0.4 is 4.74 Å². The number of hydrogen-bond donors (Lipinski definition) is 0. The van der Waals surface area contributed by atoms with E-state index >= 15 is 0 Å². The summed E-state index contributed by atoms with van der Waals surface area (Å²) in [5, 5.41) is 0. The van der Waals surface area contributed by atoms with Gasteiger partial charge in [0.1, 0.15) is 6.10 Å². The summed E-state index contributed by atoms with van der Waals surface area (Å²) in [6.45, 7) is 2.76. The lowest BCUT2D eigenvalue weighted by Gasteiger charge is -2.28. The summed E-state index contributed by atoms with van der Waals surface area (Å²) in [5.74, 6) is 1.58. The Labute approximate surface area is 178 Å². The second-order valence-electron chi connectivity index (χ2n) is 8.37. The third-order valence-corrected chi connectivity index (χ3v) is 6.09. The zero-order valence-corrected chi connectivity index (χ0v) is 17.3. The summed E-state index contributed by atoms with van der Waals surface area (Å²) in [7, 11) is 0. The lowest BCUT2D eigenvalue weighted by Crippen LogP contribution is -2.31. The van der Waals surface area contributed by atoms with Gasteiger partial charge in [0.15, 0.2) is 5.82 Å². The van der Waals surface area contributed by atoms with Crippen LogP contribution in [0.5, 0.6) is 5.88 Å². The summed E-state index contributed by atoms with van der Waals surface area (Å²) in [5.41, 5.74) is 4.70. The van der Waals surface area contributed by atoms with Gasteiger partial charge in [0.25, 0.3) is 0 Å². The first kappa shape index (κ1) is 19.2. The molecule has 0 unspecified atom stereocenters. The molecule has 1 saturated carbocycles. The number of fused-ring (bicyclic) bond motifs is 1. The number of hydrogen-bond acceptors (Lipinski definition) is 5. The van der Waals surface area contributed by atoms with Crippen LogP contribution in [0.15, 0.2) is 54.9 Å². The molecule has 3 heterocycles. The lowest BCUT2D eigenvalue weighted by atomic mass is 9.98. The molecule has 1 aliphatic heterocycles. The number of rotatable bonds is 5. The molecule has 5 rings (SSSR count). The predicted molar refractivity (Wildman–Crippen MR) is 117 cm³/mol. The zero-order valence-electron chi connectivity index (χ0n) is 17.3. The van der Waals surface area contributed by atoms with Gasteiger partial charge in [-0.2, -0.15) is 0 Å². The number of benzene rings is 1. The number of nitrogens with zero attached hydrogens (tertiary/aromatic N) is 4. The molecule has 0 atom stereocenters. The molecule has 5 nitrogen and oxygen atoms in total. The van der Waals surface area contributed by atoms with E-state index in [4.69, 9.17) is 9.72 Å². The van der Waals surface area contributed by atoms with Gasteiger partial charge >= 0.3 is 0 Å². The SMILES string of the molecule is c1ccc(-c2ncc3c(n2)CCN(Cc2ccc(OC4CCCCC4)nc2)C3)cc1. The van der Waals surface area contributed by atoms with Gasteiger partial charge in [-0.1, -0.05) is 42.8 Å². The van der Waals surface area contributed by atoms with Crippen molar-refractivity contribution in [3.8, 4) is 17.3 Å². The second kappa shape index (κ2) is 8.92. The zero-order chi connectivity index (χ0) is 20.2. The highest BCUT2D eigenvalue weighted by molar-refractivity contribution is 5.54. The van der Waals surface area contributed by atoms with Crippen molar-refractivity contribution in [1.82, 2.24) is 19.9 Å². The van der Waals surface area contributed by atoms with Crippen molar-refractivity contribution >= 4 is 0 Å². The van der Waals surface area contributed by atoms with Crippen LogP contribution in [0.3, 0.4) is 0 Å². The number of pyridine rings is 1. The van der Waals surface area contributed by atoms with Crippen molar-refractivity contribution in [2.75, 3.05) is 6.54 Å². The van der Waals surface area contributed by atoms with Gasteiger partial charge < -0.3 is 4.74 Å². The van der Waals surface area contributed by atoms with Crippen molar-refractivity contribution in [1.29, 1.82) is 0 Å². The van der Waals surface area contributed by atoms with Crippen LogP contribution in [0.1, 0.15) is 48.9 Å². The van der Waals surface area contributed by atoms with Crippen LogP contribution in [0.25, 0.3) is 11.4 Å². The molecule has 3 aromatic rings. The minimum atomic E-state index is 0.344. The lowest BCUT2D eigenvalue weighted by molar-refractivity contribution is 0.148. The highest BCUT2D eigenvalue weighted by Gasteiger charge is 2.19. The largest absolute Gasteiger partial charge is 0.474 e. The van der Waals surface area contributed by atoms with E-state index in [1.165, 1.54) is 36.1 Å². The highest BCUT2D eigenvalue weighted by atomic mass is 16.5. The van der Waals surface area contributed by atoms with Gasteiger partial charge in [0, 0.05) is 55.6 Å². The highest BCUT2D eigenvalue weighted by Crippen LogP contribution is 2.24. The van der Waals surface area contributed by atoms with Crippen molar-refractivity contribution in [2.24, 2.45) is 0 Å². The molecule has 30 heavy (non-hydrogen) atoms. The summed E-state index contributed by atoms with van der Waals surface area (Å²) < 4.78 is 6.05. The van der Waals surface area contributed by atoms with E-state index in [1.807, 2.05) is 36.7 Å². The van der Waals surface area contributed by atoms with Crippen LogP contribution >= 0.6 is 0 Å². The first-order valence-corrected chi connectivity index (χ1v) is 11.1. The maximum absolute atomic E-state index is 6.05. The van der Waals surface area contributed by atoms with Gasteiger partial charge in [-0.05, 0) is 31.2 Å². The Kier molecular flexibility index (Phi) is 5.71. The molecule has 154 valence electrons. The summed E-state index contributed by atoms with van der Waals surface area (Å²) in [6, 6.07) is 14.4. The third-order valence-electron chi connectivity index (χ3n) is 6.09. The average Bonchev–Trinajstić information content (AvgIpc) is 2.81. The molecular weight excluding hydrogens is 372 g/mol. The van der Waals surface area contributed by atoms with Crippen LogP contribution in [0, 0.1) is 0 Å². The molecule has 0 N–H and O–H groups in total. The Morgan fingerprint density at radius 1 is 0.933 bits per heavy atom. The Morgan fingerprint density at radius 2 is 1.80 bits per heavy atom. The number of ether oxygens (including phenoxy) is 1. The molecule has 1 aliphatic carbocycles. The fourth-order valence-corrected chi connectivity index (χ4v) is 4.42. The molecule has 2 aromatic heterocycles. The van der Waals surface area contributed by atoms with E-state index < -0.39 is 0 Å². The normalized spacial score (nSPS) is 17.5. The van der Waals surface area contributed by atoms with Gasteiger partial charge in [-0.25, -0.2) is 15.0 Å². The van der Waals surface area contributed by atoms with E-state index in [0.29, 0.717) is 6.10 Å². The van der Waals surface area contributed by atoms with E-state index in [-0.39, 0.29) is 0 Å². The summed E-state index contributed by atoms with van der Waals surface area (Å²) >= 11 is 0. The van der Waals surface area contributed by atoms with Gasteiger partial charge in [-0.15, -0.1) is 0 Å². The fraction of sp³-hybridized carbons (Fsp3) is 0.400. The first-order chi connectivity index (χ1) is 14.8. The van der Waals surface area contributed by atoms with Crippen molar-refractivity contribution in [3.05, 3.63) is 71.7 Å². The van der Waals surface area contributed by atoms with Crippen LogP contribution in [0.4, 0.5) is 0 Å². The molecular formula is C25H28N4O. The second-order valence-corrected chi connectivity index (χ2v) is 8.37. The molecule has 0 spiro atoms. The van der Waals surface area contributed by atoms with Crippen molar-refractivity contribution in [2.45, 2.75) is 57.7 Å². The Bertz CT molecular complexity index is 968. The summed E-state index contributed by atoms with van der Waals surface area (Å²) in [6.07, 6.45) is 11.5. The average molecular weight is 401 g/mol. The van der Waals surface area contributed by atoms with Crippen molar-refractivity contribution < 1.29 is 4.74 Å². The maximum Gasteiger partial charge on any atom is 0.213 e. The minimum absolute atomic E-state index is 0.344. The van der Waals surface area contributed by atoms with Crippen LogP contribution in [-0.2, 0) is 19.5 Å². The molecule has 0 bridgehead atoms. The predicted octanol–water partition coefficient (Wildman–Crippen LogP) is 4.81. The van der Waals surface area contributed by atoms with E-state index in [1.54, 1.807) is 0 Å². The molecule has 0 radical (unpaired) electrons. The molecule has 1 aromatic carbocycles. The third kappa shape index (κ3) is 4.51. The molecule has 0 saturated heterocycles. The molecule has 5 heteroatoms. The van der Waals surface area contributed by atoms with E-state index in [0.717, 1.165) is 56.2 Å².